The highest BCUT2D eigenvalue weighted by molar-refractivity contribution is 5.80. The minimum Gasteiger partial charge on any atom is -0.394 e. The molecule has 0 bridgehead atoms. The van der Waals surface area contributed by atoms with Crippen molar-refractivity contribution < 1.29 is 25.2 Å². The van der Waals surface area contributed by atoms with Gasteiger partial charge in [-0.3, -0.25) is 4.79 Å². The van der Waals surface area contributed by atoms with E-state index in [1.165, 1.54) is 193 Å². The van der Waals surface area contributed by atoms with Crippen LogP contribution in [0.5, 0.6) is 0 Å². The Labute approximate surface area is 324 Å². The molecule has 52 heavy (non-hydrogen) atoms. The number of aliphatic hydroxyl groups excluding tert-OH is 4. The number of unbranched alkanes of at least 4 members (excludes halogenated alkanes) is 34. The Balaban J connectivity index is 3.67. The Hall–Kier alpha value is -0.690. The Morgan fingerprint density at radius 3 is 0.923 bits per heavy atom. The molecule has 6 nitrogen and oxygen atoms in total. The first-order valence-electron chi connectivity index (χ1n) is 23.4. The highest BCUT2D eigenvalue weighted by Crippen LogP contribution is 2.17. The van der Waals surface area contributed by atoms with Gasteiger partial charge < -0.3 is 25.7 Å². The van der Waals surface area contributed by atoms with Crippen LogP contribution in [0.25, 0.3) is 0 Å². The molecule has 0 aliphatic rings. The van der Waals surface area contributed by atoms with E-state index in [4.69, 9.17) is 0 Å². The molecular weight excluding hydrogens is 647 g/mol. The van der Waals surface area contributed by atoms with Crippen LogP contribution in [0.4, 0.5) is 0 Å². The molecule has 0 unspecified atom stereocenters. The van der Waals surface area contributed by atoms with Crippen LogP contribution in [0.1, 0.15) is 258 Å². The molecule has 0 aromatic rings. The quantitative estimate of drug-likeness (QED) is 0.0400. The molecule has 0 radical (unpaired) electrons. The maximum Gasteiger partial charge on any atom is 0.249 e. The van der Waals surface area contributed by atoms with Gasteiger partial charge in [0, 0.05) is 0 Å². The average molecular weight is 740 g/mol. The van der Waals surface area contributed by atoms with Crippen LogP contribution in [-0.2, 0) is 4.79 Å². The van der Waals surface area contributed by atoms with Crippen molar-refractivity contribution in [3.05, 3.63) is 0 Å². The van der Waals surface area contributed by atoms with E-state index in [-0.39, 0.29) is 0 Å². The molecule has 0 saturated heterocycles. The van der Waals surface area contributed by atoms with E-state index in [1.54, 1.807) is 0 Å². The van der Waals surface area contributed by atoms with Crippen LogP contribution in [0.2, 0.25) is 0 Å². The SMILES string of the molecule is CCCCCCCCCCCCCCCCCCCCCC[C@H](O)C(=O)N[C@@H](CO)[C@H](O)[C@H](O)CCCCCCCCCCCCCCCCCC. The van der Waals surface area contributed by atoms with E-state index in [9.17, 15) is 25.2 Å². The normalized spacial score (nSPS) is 14.0. The van der Waals surface area contributed by atoms with E-state index >= 15 is 0 Å². The van der Waals surface area contributed by atoms with Gasteiger partial charge in [0.05, 0.1) is 18.8 Å². The second kappa shape index (κ2) is 41.5. The number of nitrogens with one attached hydrogen (secondary N) is 1. The molecule has 0 aromatic carbocycles. The van der Waals surface area contributed by atoms with Gasteiger partial charge in [0.1, 0.15) is 12.2 Å². The van der Waals surface area contributed by atoms with Crippen molar-refractivity contribution in [1.29, 1.82) is 0 Å². The zero-order valence-electron chi connectivity index (χ0n) is 35.1. The van der Waals surface area contributed by atoms with Crippen molar-refractivity contribution in [1.82, 2.24) is 5.32 Å². The van der Waals surface area contributed by atoms with Gasteiger partial charge in [-0.1, -0.05) is 245 Å². The van der Waals surface area contributed by atoms with Gasteiger partial charge in [-0.05, 0) is 12.8 Å². The van der Waals surface area contributed by atoms with E-state index in [2.05, 4.69) is 19.2 Å². The summed E-state index contributed by atoms with van der Waals surface area (Å²) in [4.78, 5) is 12.5. The second-order valence-corrected chi connectivity index (χ2v) is 16.5. The highest BCUT2D eigenvalue weighted by atomic mass is 16.3. The lowest BCUT2D eigenvalue weighted by atomic mass is 9.99. The fourth-order valence-corrected chi connectivity index (χ4v) is 7.58. The summed E-state index contributed by atoms with van der Waals surface area (Å²) in [5.41, 5.74) is 0. The predicted molar refractivity (Wildman–Crippen MR) is 224 cm³/mol. The molecule has 4 atom stereocenters. The number of carbonyl (C=O) groups is 1. The van der Waals surface area contributed by atoms with Gasteiger partial charge >= 0.3 is 0 Å². The smallest absolute Gasteiger partial charge is 0.249 e. The van der Waals surface area contributed by atoms with Gasteiger partial charge in [0.25, 0.3) is 0 Å². The summed E-state index contributed by atoms with van der Waals surface area (Å²) in [5, 5.41) is 43.8. The molecule has 5 N–H and O–H groups in total. The molecule has 6 heteroatoms. The Kier molecular flexibility index (Phi) is 40.9. The number of amides is 1. The van der Waals surface area contributed by atoms with Gasteiger partial charge in [0.15, 0.2) is 0 Å². The van der Waals surface area contributed by atoms with Crippen molar-refractivity contribution in [2.24, 2.45) is 0 Å². The molecule has 1 amide bonds. The van der Waals surface area contributed by atoms with Crippen LogP contribution >= 0.6 is 0 Å². The standard InChI is InChI=1S/C46H93NO5/c1-3-5-7-9-11-13-15-17-19-21-22-23-24-26-28-30-32-34-36-38-40-44(50)46(52)47-42(41-48)45(51)43(49)39-37-35-33-31-29-27-25-20-18-16-14-12-10-8-6-4-2/h42-45,48-51H,3-41H2,1-2H3,(H,47,52)/t42-,43+,44-,45-/m0/s1. The molecule has 0 heterocycles. The summed E-state index contributed by atoms with van der Waals surface area (Å²) in [5.74, 6) is -0.578. The van der Waals surface area contributed by atoms with Crippen molar-refractivity contribution in [2.75, 3.05) is 6.61 Å². The summed E-state index contributed by atoms with van der Waals surface area (Å²) in [7, 11) is 0. The molecule has 0 fully saturated rings. The lowest BCUT2D eigenvalue weighted by Gasteiger charge is -2.27. The first kappa shape index (κ1) is 51.3. The zero-order chi connectivity index (χ0) is 38.2. The maximum absolute atomic E-state index is 12.5. The van der Waals surface area contributed by atoms with Crippen LogP contribution in [0.3, 0.4) is 0 Å². The third kappa shape index (κ3) is 35.0. The van der Waals surface area contributed by atoms with Crippen molar-refractivity contribution in [3.63, 3.8) is 0 Å². The number of rotatable bonds is 43. The Bertz CT molecular complexity index is 706. The van der Waals surface area contributed by atoms with Gasteiger partial charge in [-0.2, -0.15) is 0 Å². The second-order valence-electron chi connectivity index (χ2n) is 16.5. The third-order valence-corrected chi connectivity index (χ3v) is 11.3. The van der Waals surface area contributed by atoms with Gasteiger partial charge in [-0.15, -0.1) is 0 Å². The van der Waals surface area contributed by atoms with Crippen molar-refractivity contribution in [3.8, 4) is 0 Å². The number of hydrogen-bond donors (Lipinski definition) is 5. The van der Waals surface area contributed by atoms with Crippen LogP contribution in [-0.4, -0.2) is 57.3 Å². The summed E-state index contributed by atoms with van der Waals surface area (Å²) in [6.07, 6.45) is 44.2. The van der Waals surface area contributed by atoms with Crippen LogP contribution in [0.15, 0.2) is 0 Å². The van der Waals surface area contributed by atoms with Crippen LogP contribution in [0, 0.1) is 0 Å². The van der Waals surface area contributed by atoms with Crippen molar-refractivity contribution >= 4 is 5.91 Å². The van der Waals surface area contributed by atoms with Crippen LogP contribution < -0.4 is 5.32 Å². The molecular formula is C46H93NO5. The number of hydrogen-bond acceptors (Lipinski definition) is 5. The minimum absolute atomic E-state index is 0.376. The molecule has 0 aliphatic heterocycles. The summed E-state index contributed by atoms with van der Waals surface area (Å²) < 4.78 is 0. The lowest BCUT2D eigenvalue weighted by molar-refractivity contribution is -0.132. The van der Waals surface area contributed by atoms with Crippen molar-refractivity contribution in [2.45, 2.75) is 282 Å². The van der Waals surface area contributed by atoms with Gasteiger partial charge in [-0.25, -0.2) is 0 Å². The van der Waals surface area contributed by atoms with Gasteiger partial charge in [0.2, 0.25) is 5.91 Å². The number of aliphatic hydroxyl groups is 4. The predicted octanol–water partition coefficient (Wildman–Crippen LogP) is 12.4. The third-order valence-electron chi connectivity index (χ3n) is 11.3. The molecule has 0 rings (SSSR count). The van der Waals surface area contributed by atoms with E-state index < -0.39 is 36.9 Å². The Morgan fingerprint density at radius 1 is 0.404 bits per heavy atom. The first-order chi connectivity index (χ1) is 25.5. The van der Waals surface area contributed by atoms with E-state index in [0.717, 1.165) is 38.5 Å². The van der Waals surface area contributed by atoms with E-state index in [1.807, 2.05) is 0 Å². The largest absolute Gasteiger partial charge is 0.394 e. The highest BCUT2D eigenvalue weighted by Gasteiger charge is 2.28. The molecule has 312 valence electrons. The molecule has 0 aromatic heterocycles. The zero-order valence-corrected chi connectivity index (χ0v) is 35.1. The number of carbonyl (C=O) groups excluding carboxylic acids is 1. The topological polar surface area (TPSA) is 110 Å². The average Bonchev–Trinajstić information content (AvgIpc) is 3.15. The maximum atomic E-state index is 12.5. The first-order valence-corrected chi connectivity index (χ1v) is 23.4. The van der Waals surface area contributed by atoms with E-state index in [0.29, 0.717) is 12.8 Å². The molecule has 0 spiro atoms. The fourth-order valence-electron chi connectivity index (χ4n) is 7.58. The summed E-state index contributed by atoms with van der Waals surface area (Å²) in [6.45, 7) is 4.07. The fraction of sp³-hybridized carbons (Fsp3) is 0.978. The molecule has 0 aliphatic carbocycles. The lowest BCUT2D eigenvalue weighted by Crippen LogP contribution is -2.53. The monoisotopic (exact) mass is 740 g/mol. The molecule has 0 saturated carbocycles. The summed E-state index contributed by atoms with van der Waals surface area (Å²) >= 11 is 0. The minimum atomic E-state index is -1.25. The summed E-state index contributed by atoms with van der Waals surface area (Å²) in [6, 6.07) is -0.979. The Morgan fingerprint density at radius 2 is 0.654 bits per heavy atom.